The first-order valence-corrected chi connectivity index (χ1v) is 11.6. The molecular weight excluding hydrogens is 388 g/mol. The molecule has 2 aromatic rings. The zero-order chi connectivity index (χ0) is 20.4. The van der Waals surface area contributed by atoms with Crippen LogP contribution >= 0.6 is 0 Å². The number of carbonyl (C=O) groups excluding carboxylic acids is 1. The molecule has 0 aliphatic carbocycles. The number of hydrogen-bond donors (Lipinski definition) is 0. The lowest BCUT2D eigenvalue weighted by atomic mass is 10.1. The molecule has 0 bridgehead atoms. The number of benzene rings is 2. The van der Waals surface area contributed by atoms with Crippen LogP contribution in [-0.2, 0) is 16.4 Å². The second-order valence-electron chi connectivity index (χ2n) is 7.39. The Labute approximate surface area is 172 Å². The van der Waals surface area contributed by atoms with Gasteiger partial charge < -0.3 is 9.64 Å². The van der Waals surface area contributed by atoms with Gasteiger partial charge in [0.2, 0.25) is 10.0 Å². The molecule has 29 heavy (non-hydrogen) atoms. The number of fused-ring (bicyclic) bond motifs is 1. The van der Waals surface area contributed by atoms with E-state index < -0.39 is 10.0 Å². The molecular formula is C22H26N2O4S. The number of amides is 1. The zero-order valence-corrected chi connectivity index (χ0v) is 17.5. The fourth-order valence-electron chi connectivity index (χ4n) is 4.07. The third-order valence-electron chi connectivity index (χ3n) is 5.56. The quantitative estimate of drug-likeness (QED) is 0.751. The molecule has 1 fully saturated rings. The van der Waals surface area contributed by atoms with Gasteiger partial charge in [0.05, 0.1) is 17.1 Å². The topological polar surface area (TPSA) is 66.9 Å². The molecule has 0 radical (unpaired) electrons. The van der Waals surface area contributed by atoms with E-state index in [0.717, 1.165) is 30.5 Å². The van der Waals surface area contributed by atoms with Gasteiger partial charge in [0, 0.05) is 25.3 Å². The molecule has 0 saturated carbocycles. The molecule has 1 amide bonds. The largest absolute Gasteiger partial charge is 0.493 e. The first-order chi connectivity index (χ1) is 14.0. The number of rotatable bonds is 5. The van der Waals surface area contributed by atoms with Gasteiger partial charge in [-0.25, -0.2) is 8.42 Å². The number of para-hydroxylation sites is 1. The van der Waals surface area contributed by atoms with Crippen molar-refractivity contribution in [2.45, 2.75) is 37.5 Å². The van der Waals surface area contributed by atoms with Crippen molar-refractivity contribution < 1.29 is 17.9 Å². The van der Waals surface area contributed by atoms with Crippen LogP contribution in [0.2, 0.25) is 0 Å². The molecule has 0 aromatic heterocycles. The van der Waals surface area contributed by atoms with Crippen LogP contribution in [0.4, 0.5) is 5.69 Å². The van der Waals surface area contributed by atoms with Crippen LogP contribution in [0.1, 0.15) is 42.1 Å². The summed E-state index contributed by atoms with van der Waals surface area (Å²) in [4.78, 5) is 15.2. The molecule has 4 rings (SSSR count). The average molecular weight is 415 g/mol. The van der Waals surface area contributed by atoms with E-state index in [1.807, 2.05) is 19.1 Å². The van der Waals surface area contributed by atoms with E-state index in [0.29, 0.717) is 48.9 Å². The van der Waals surface area contributed by atoms with Crippen LogP contribution in [0.15, 0.2) is 47.4 Å². The van der Waals surface area contributed by atoms with Gasteiger partial charge in [-0.15, -0.1) is 0 Å². The Hall–Kier alpha value is -2.38. The molecule has 6 nitrogen and oxygen atoms in total. The maximum Gasteiger partial charge on any atom is 0.262 e. The molecule has 1 saturated heterocycles. The number of piperidine rings is 1. The van der Waals surface area contributed by atoms with E-state index in [4.69, 9.17) is 4.74 Å². The third-order valence-corrected chi connectivity index (χ3v) is 7.46. The van der Waals surface area contributed by atoms with Crippen LogP contribution in [0.3, 0.4) is 0 Å². The monoisotopic (exact) mass is 414 g/mol. The fraction of sp³-hybridized carbons (Fsp3) is 0.409. The predicted molar refractivity (Wildman–Crippen MR) is 112 cm³/mol. The smallest absolute Gasteiger partial charge is 0.262 e. The van der Waals surface area contributed by atoms with Gasteiger partial charge in [-0.2, -0.15) is 4.31 Å². The van der Waals surface area contributed by atoms with E-state index >= 15 is 0 Å². The molecule has 7 heteroatoms. The molecule has 2 aliphatic rings. The number of anilines is 1. The first kappa shape index (κ1) is 19.9. The summed E-state index contributed by atoms with van der Waals surface area (Å²) >= 11 is 0. The van der Waals surface area contributed by atoms with Crippen molar-refractivity contribution in [2.24, 2.45) is 0 Å². The summed E-state index contributed by atoms with van der Waals surface area (Å²) in [5.41, 5.74) is 2.19. The summed E-state index contributed by atoms with van der Waals surface area (Å²) in [7, 11) is -3.48. The molecule has 0 N–H and O–H groups in total. The van der Waals surface area contributed by atoms with Crippen molar-refractivity contribution in [3.8, 4) is 5.75 Å². The summed E-state index contributed by atoms with van der Waals surface area (Å²) in [5.74, 6) is 0.442. The van der Waals surface area contributed by atoms with Gasteiger partial charge >= 0.3 is 0 Å². The van der Waals surface area contributed by atoms with Crippen LogP contribution in [0, 0.1) is 0 Å². The van der Waals surface area contributed by atoms with E-state index in [9.17, 15) is 13.2 Å². The van der Waals surface area contributed by atoms with Gasteiger partial charge in [-0.3, -0.25) is 4.79 Å². The molecule has 2 aliphatic heterocycles. The Kier molecular flexibility index (Phi) is 5.61. The lowest BCUT2D eigenvalue weighted by molar-refractivity contribution is 0.0985. The van der Waals surface area contributed by atoms with Crippen molar-refractivity contribution in [3.63, 3.8) is 0 Å². The molecule has 0 unspecified atom stereocenters. The maximum absolute atomic E-state index is 13.2. The second-order valence-corrected chi connectivity index (χ2v) is 9.33. The third kappa shape index (κ3) is 3.76. The van der Waals surface area contributed by atoms with Gasteiger partial charge in [0.15, 0.2) is 0 Å². The molecule has 154 valence electrons. The van der Waals surface area contributed by atoms with E-state index in [1.54, 1.807) is 39.5 Å². The lowest BCUT2D eigenvalue weighted by Crippen LogP contribution is -2.35. The first-order valence-electron chi connectivity index (χ1n) is 10.2. The maximum atomic E-state index is 13.2. The van der Waals surface area contributed by atoms with Crippen LogP contribution in [0.25, 0.3) is 0 Å². The highest BCUT2D eigenvalue weighted by Gasteiger charge is 2.31. The molecule has 0 atom stereocenters. The molecule has 0 spiro atoms. The number of nitrogens with zero attached hydrogens (tertiary/aromatic N) is 2. The van der Waals surface area contributed by atoms with E-state index in [2.05, 4.69) is 0 Å². The van der Waals surface area contributed by atoms with Crippen molar-refractivity contribution in [1.82, 2.24) is 4.31 Å². The highest BCUT2D eigenvalue weighted by atomic mass is 32.2. The normalized spacial score (nSPS) is 17.2. The number of ether oxygens (including phenoxy) is 1. The van der Waals surface area contributed by atoms with Gasteiger partial charge in [0.1, 0.15) is 5.75 Å². The Bertz CT molecular complexity index is 1010. The van der Waals surface area contributed by atoms with Crippen molar-refractivity contribution in [3.05, 3.63) is 53.6 Å². The summed E-state index contributed by atoms with van der Waals surface area (Å²) in [6, 6.07) is 12.4. The highest BCUT2D eigenvalue weighted by molar-refractivity contribution is 7.89. The Morgan fingerprint density at radius 2 is 1.79 bits per heavy atom. The SMILES string of the molecule is CCOc1ccccc1C(=O)N1CCc2cc(S(=O)(=O)N3CCCCC3)ccc21. The highest BCUT2D eigenvalue weighted by Crippen LogP contribution is 2.34. The minimum absolute atomic E-state index is 0.126. The molecule has 2 aromatic carbocycles. The van der Waals surface area contributed by atoms with Crippen molar-refractivity contribution in [1.29, 1.82) is 0 Å². The molecule has 2 heterocycles. The van der Waals surface area contributed by atoms with E-state index in [-0.39, 0.29) is 5.91 Å². The minimum atomic E-state index is -3.48. The number of carbonyl (C=O) groups is 1. The predicted octanol–water partition coefficient (Wildman–Crippen LogP) is 3.46. The van der Waals surface area contributed by atoms with E-state index in [1.165, 1.54) is 0 Å². The van der Waals surface area contributed by atoms with Crippen molar-refractivity contribution in [2.75, 3.05) is 31.1 Å². The summed E-state index contributed by atoms with van der Waals surface area (Å²) in [5, 5.41) is 0. The summed E-state index contributed by atoms with van der Waals surface area (Å²) < 4.78 is 33.1. The van der Waals surface area contributed by atoms with Crippen LogP contribution < -0.4 is 9.64 Å². The standard InChI is InChI=1S/C22H26N2O4S/c1-2-28-21-9-5-4-8-19(21)22(25)24-15-12-17-16-18(10-11-20(17)24)29(26,27)23-13-6-3-7-14-23/h4-5,8-11,16H,2-3,6-7,12-15H2,1H3. The fourth-order valence-corrected chi connectivity index (χ4v) is 5.64. The Morgan fingerprint density at radius 1 is 1.03 bits per heavy atom. The Balaban J connectivity index is 1.61. The van der Waals surface area contributed by atoms with Crippen LogP contribution in [0.5, 0.6) is 5.75 Å². The summed E-state index contributed by atoms with van der Waals surface area (Å²) in [6.07, 6.45) is 3.54. The van der Waals surface area contributed by atoms with Gasteiger partial charge in [-0.1, -0.05) is 18.6 Å². The Morgan fingerprint density at radius 3 is 2.55 bits per heavy atom. The average Bonchev–Trinajstić information content (AvgIpc) is 3.18. The zero-order valence-electron chi connectivity index (χ0n) is 16.6. The van der Waals surface area contributed by atoms with Crippen LogP contribution in [-0.4, -0.2) is 44.9 Å². The summed E-state index contributed by atoms with van der Waals surface area (Å²) in [6.45, 7) is 4.06. The van der Waals surface area contributed by atoms with Gasteiger partial charge in [-0.05, 0) is 62.1 Å². The second kappa shape index (κ2) is 8.16. The lowest BCUT2D eigenvalue weighted by Gasteiger charge is -2.26. The number of hydrogen-bond acceptors (Lipinski definition) is 4. The number of sulfonamides is 1. The van der Waals surface area contributed by atoms with Gasteiger partial charge in [0.25, 0.3) is 5.91 Å². The van der Waals surface area contributed by atoms with Crippen molar-refractivity contribution >= 4 is 21.6 Å². The minimum Gasteiger partial charge on any atom is -0.493 e.